The molecule has 0 aliphatic heterocycles. The lowest BCUT2D eigenvalue weighted by molar-refractivity contribution is -0.112. The van der Waals surface area contributed by atoms with Crippen molar-refractivity contribution in [1.29, 1.82) is 5.26 Å². The predicted octanol–water partition coefficient (Wildman–Crippen LogP) is 5.07. The van der Waals surface area contributed by atoms with Crippen molar-refractivity contribution in [2.24, 2.45) is 0 Å². The summed E-state index contributed by atoms with van der Waals surface area (Å²) in [7, 11) is 1.51. The molecule has 5 nitrogen and oxygen atoms in total. The third-order valence-corrected chi connectivity index (χ3v) is 4.03. The summed E-state index contributed by atoms with van der Waals surface area (Å²) in [5.74, 6) is 0.755. The summed E-state index contributed by atoms with van der Waals surface area (Å²) < 4.78 is 10.7. The molecule has 0 bridgehead atoms. The standard InChI is InChI=1S/C21H21ClN2O3/c1-3-4-11-27-18-8-5-15(6-9-18)12-16(14-23)21(25)24-17-7-10-20(26-2)19(22)13-17/h5-10,12-13H,3-4,11H2,1-2H3,(H,24,25)/b16-12+. The number of nitrogens with one attached hydrogen (secondary N) is 1. The highest BCUT2D eigenvalue weighted by Gasteiger charge is 2.11. The number of methoxy groups -OCH3 is 1. The zero-order valence-electron chi connectivity index (χ0n) is 15.3. The fourth-order valence-corrected chi connectivity index (χ4v) is 2.51. The quantitative estimate of drug-likeness (QED) is 0.391. The van der Waals surface area contributed by atoms with Gasteiger partial charge in [-0.05, 0) is 48.4 Å². The van der Waals surface area contributed by atoms with Crippen molar-refractivity contribution in [3.63, 3.8) is 0 Å². The lowest BCUT2D eigenvalue weighted by Crippen LogP contribution is -2.13. The Bertz CT molecular complexity index is 855. The molecule has 0 saturated carbocycles. The Hall–Kier alpha value is -2.97. The summed E-state index contributed by atoms with van der Waals surface area (Å²) in [6.45, 7) is 2.77. The second kappa shape index (κ2) is 10.2. The number of anilines is 1. The van der Waals surface area contributed by atoms with Crippen LogP contribution < -0.4 is 14.8 Å². The Balaban J connectivity index is 2.07. The summed E-state index contributed by atoms with van der Waals surface area (Å²) in [4.78, 5) is 12.4. The van der Waals surface area contributed by atoms with Crippen molar-refractivity contribution in [2.75, 3.05) is 19.0 Å². The van der Waals surface area contributed by atoms with Crippen LogP contribution >= 0.6 is 11.6 Å². The van der Waals surface area contributed by atoms with Crippen LogP contribution in [0.1, 0.15) is 25.3 Å². The molecule has 0 atom stereocenters. The van der Waals surface area contributed by atoms with Crippen molar-refractivity contribution in [2.45, 2.75) is 19.8 Å². The number of nitrogens with zero attached hydrogens (tertiary/aromatic N) is 1. The maximum absolute atomic E-state index is 12.4. The van der Waals surface area contributed by atoms with Gasteiger partial charge in [-0.3, -0.25) is 4.79 Å². The molecule has 0 aliphatic rings. The van der Waals surface area contributed by atoms with Crippen LogP contribution in [0.4, 0.5) is 5.69 Å². The number of carbonyl (C=O) groups is 1. The molecule has 1 N–H and O–H groups in total. The van der Waals surface area contributed by atoms with Crippen LogP contribution in [0.5, 0.6) is 11.5 Å². The van der Waals surface area contributed by atoms with Gasteiger partial charge in [-0.15, -0.1) is 0 Å². The fourth-order valence-electron chi connectivity index (χ4n) is 2.25. The van der Waals surface area contributed by atoms with Gasteiger partial charge in [-0.2, -0.15) is 5.26 Å². The maximum Gasteiger partial charge on any atom is 0.266 e. The first-order chi connectivity index (χ1) is 13.1. The lowest BCUT2D eigenvalue weighted by atomic mass is 10.1. The van der Waals surface area contributed by atoms with Gasteiger partial charge < -0.3 is 14.8 Å². The molecule has 27 heavy (non-hydrogen) atoms. The van der Waals surface area contributed by atoms with E-state index < -0.39 is 5.91 Å². The Kier molecular flexibility index (Phi) is 7.72. The van der Waals surface area contributed by atoms with E-state index in [-0.39, 0.29) is 5.57 Å². The molecule has 0 aliphatic carbocycles. The Morgan fingerprint density at radius 1 is 1.26 bits per heavy atom. The van der Waals surface area contributed by atoms with Gasteiger partial charge >= 0.3 is 0 Å². The molecule has 1 amide bonds. The molecule has 0 radical (unpaired) electrons. The monoisotopic (exact) mass is 384 g/mol. The van der Waals surface area contributed by atoms with Crippen LogP contribution in [-0.4, -0.2) is 19.6 Å². The first kappa shape index (κ1) is 20.3. The molecule has 140 valence electrons. The highest BCUT2D eigenvalue weighted by Crippen LogP contribution is 2.27. The van der Waals surface area contributed by atoms with Crippen molar-refractivity contribution in [3.8, 4) is 17.6 Å². The minimum absolute atomic E-state index is 0.0124. The van der Waals surface area contributed by atoms with Gasteiger partial charge in [0.25, 0.3) is 5.91 Å². The zero-order chi connectivity index (χ0) is 19.6. The van der Waals surface area contributed by atoms with Gasteiger partial charge in [0.15, 0.2) is 0 Å². The topological polar surface area (TPSA) is 71.3 Å². The van der Waals surface area contributed by atoms with Gasteiger partial charge in [0, 0.05) is 5.69 Å². The first-order valence-corrected chi connectivity index (χ1v) is 8.94. The Morgan fingerprint density at radius 3 is 2.59 bits per heavy atom. The summed E-state index contributed by atoms with van der Waals surface area (Å²) in [6.07, 6.45) is 3.59. The number of unbranched alkanes of at least 4 members (excludes halogenated alkanes) is 1. The Labute approximate surface area is 164 Å². The van der Waals surface area contributed by atoms with Gasteiger partial charge in [-0.1, -0.05) is 37.1 Å². The number of hydrogen-bond acceptors (Lipinski definition) is 4. The van der Waals surface area contributed by atoms with E-state index in [1.54, 1.807) is 30.3 Å². The number of nitriles is 1. The molecule has 0 aromatic heterocycles. The smallest absolute Gasteiger partial charge is 0.266 e. The summed E-state index contributed by atoms with van der Waals surface area (Å²) >= 11 is 6.05. The molecule has 0 spiro atoms. The first-order valence-electron chi connectivity index (χ1n) is 8.57. The minimum Gasteiger partial charge on any atom is -0.495 e. The van der Waals surface area contributed by atoms with Gasteiger partial charge in [0.1, 0.15) is 23.1 Å². The van der Waals surface area contributed by atoms with Crippen LogP contribution in [0.3, 0.4) is 0 Å². The summed E-state index contributed by atoms with van der Waals surface area (Å²) in [6, 6.07) is 14.0. The minimum atomic E-state index is -0.512. The molecule has 2 aromatic carbocycles. The summed E-state index contributed by atoms with van der Waals surface area (Å²) in [5.41, 5.74) is 1.20. The highest BCUT2D eigenvalue weighted by molar-refractivity contribution is 6.32. The van der Waals surface area contributed by atoms with Gasteiger partial charge in [0.05, 0.1) is 18.7 Å². The van der Waals surface area contributed by atoms with Crippen LogP contribution in [0, 0.1) is 11.3 Å². The van der Waals surface area contributed by atoms with E-state index in [9.17, 15) is 10.1 Å². The van der Waals surface area contributed by atoms with Crippen LogP contribution in [0.15, 0.2) is 48.0 Å². The second-order valence-electron chi connectivity index (χ2n) is 5.74. The number of halogens is 1. The number of benzene rings is 2. The highest BCUT2D eigenvalue weighted by atomic mass is 35.5. The maximum atomic E-state index is 12.4. The molecule has 0 heterocycles. The van der Waals surface area contributed by atoms with Gasteiger partial charge in [-0.25, -0.2) is 0 Å². The number of rotatable bonds is 8. The van der Waals surface area contributed by atoms with Crippen LogP contribution in [-0.2, 0) is 4.79 Å². The van der Waals surface area contributed by atoms with E-state index in [4.69, 9.17) is 21.1 Å². The molecule has 0 fully saturated rings. The van der Waals surface area contributed by atoms with E-state index in [0.29, 0.717) is 23.1 Å². The normalized spacial score (nSPS) is 10.8. The molecule has 2 rings (SSSR count). The molecule has 6 heteroatoms. The largest absolute Gasteiger partial charge is 0.495 e. The van der Waals surface area contributed by atoms with E-state index in [1.807, 2.05) is 18.2 Å². The third-order valence-electron chi connectivity index (χ3n) is 3.73. The lowest BCUT2D eigenvalue weighted by Gasteiger charge is -2.08. The van der Waals surface area contributed by atoms with Crippen molar-refractivity contribution in [1.82, 2.24) is 0 Å². The molecular weight excluding hydrogens is 364 g/mol. The number of hydrogen-bond donors (Lipinski definition) is 1. The second-order valence-corrected chi connectivity index (χ2v) is 6.15. The number of ether oxygens (including phenoxy) is 2. The number of carbonyl (C=O) groups excluding carboxylic acids is 1. The molecule has 0 saturated heterocycles. The zero-order valence-corrected chi connectivity index (χ0v) is 16.0. The van der Waals surface area contributed by atoms with Crippen LogP contribution in [0.25, 0.3) is 6.08 Å². The van der Waals surface area contributed by atoms with Crippen molar-refractivity contribution in [3.05, 3.63) is 58.6 Å². The average Bonchev–Trinajstić information content (AvgIpc) is 2.67. The molecule has 2 aromatic rings. The van der Waals surface area contributed by atoms with E-state index in [2.05, 4.69) is 12.2 Å². The van der Waals surface area contributed by atoms with E-state index in [1.165, 1.54) is 13.2 Å². The SMILES string of the molecule is CCCCOc1ccc(/C=C(\C#N)C(=O)Nc2ccc(OC)c(Cl)c2)cc1. The molecule has 0 unspecified atom stereocenters. The summed E-state index contributed by atoms with van der Waals surface area (Å²) in [5, 5.41) is 12.3. The van der Waals surface area contributed by atoms with Crippen molar-refractivity contribution < 1.29 is 14.3 Å². The Morgan fingerprint density at radius 2 is 2.00 bits per heavy atom. The molecular formula is C21H21ClN2O3. The average molecular weight is 385 g/mol. The van der Waals surface area contributed by atoms with E-state index >= 15 is 0 Å². The van der Waals surface area contributed by atoms with Crippen LogP contribution in [0.2, 0.25) is 5.02 Å². The number of amides is 1. The predicted molar refractivity (Wildman–Crippen MR) is 107 cm³/mol. The third kappa shape index (κ3) is 6.05. The fraction of sp³-hybridized carbons (Fsp3) is 0.238. The van der Waals surface area contributed by atoms with Crippen molar-refractivity contribution >= 4 is 29.3 Å². The van der Waals surface area contributed by atoms with Gasteiger partial charge in [0.2, 0.25) is 0 Å². The van der Waals surface area contributed by atoms with E-state index in [0.717, 1.165) is 24.2 Å².